The van der Waals surface area contributed by atoms with Crippen molar-refractivity contribution in [1.29, 1.82) is 0 Å². The quantitative estimate of drug-likeness (QED) is 0.845. The highest BCUT2D eigenvalue weighted by molar-refractivity contribution is 5.51. The van der Waals surface area contributed by atoms with Crippen LogP contribution in [0.3, 0.4) is 0 Å². The molecule has 0 heterocycles. The number of ether oxygens (including phenoxy) is 1. The van der Waals surface area contributed by atoms with Gasteiger partial charge in [-0.05, 0) is 37.5 Å². The molecule has 0 radical (unpaired) electrons. The highest BCUT2D eigenvalue weighted by atomic mass is 19.1. The first kappa shape index (κ1) is 13.3. The van der Waals surface area contributed by atoms with Gasteiger partial charge < -0.3 is 15.4 Å². The SMILES string of the molecule is COCCN(c1ccc(C(C)N)cc1F)C1CC1. The molecule has 0 bridgehead atoms. The molecule has 0 amide bonds. The van der Waals surface area contributed by atoms with E-state index in [1.807, 2.05) is 19.1 Å². The van der Waals surface area contributed by atoms with Crippen molar-refractivity contribution in [3.8, 4) is 0 Å². The molecule has 0 spiro atoms. The van der Waals surface area contributed by atoms with Crippen LogP contribution in [0.4, 0.5) is 10.1 Å². The fraction of sp³-hybridized carbons (Fsp3) is 0.571. The van der Waals surface area contributed by atoms with Crippen LogP contribution >= 0.6 is 0 Å². The van der Waals surface area contributed by atoms with E-state index in [2.05, 4.69) is 4.90 Å². The maximum absolute atomic E-state index is 14.1. The molecule has 1 unspecified atom stereocenters. The zero-order valence-electron chi connectivity index (χ0n) is 11.0. The van der Waals surface area contributed by atoms with Gasteiger partial charge in [-0.3, -0.25) is 0 Å². The van der Waals surface area contributed by atoms with Gasteiger partial charge in [-0.2, -0.15) is 0 Å². The maximum atomic E-state index is 14.1. The van der Waals surface area contributed by atoms with Gasteiger partial charge in [0.2, 0.25) is 0 Å². The molecule has 4 heteroatoms. The number of hydrogen-bond donors (Lipinski definition) is 1. The third-order valence-electron chi connectivity index (χ3n) is 3.33. The van der Waals surface area contributed by atoms with Gasteiger partial charge in [0.25, 0.3) is 0 Å². The summed E-state index contributed by atoms with van der Waals surface area (Å²) < 4.78 is 19.2. The minimum absolute atomic E-state index is 0.137. The van der Waals surface area contributed by atoms with Crippen molar-refractivity contribution < 1.29 is 9.13 Å². The van der Waals surface area contributed by atoms with Crippen molar-refractivity contribution in [3.05, 3.63) is 29.6 Å². The summed E-state index contributed by atoms with van der Waals surface area (Å²) in [6.07, 6.45) is 2.27. The summed E-state index contributed by atoms with van der Waals surface area (Å²) in [5, 5.41) is 0. The predicted molar refractivity (Wildman–Crippen MR) is 71.2 cm³/mol. The van der Waals surface area contributed by atoms with Gasteiger partial charge in [0.05, 0.1) is 12.3 Å². The second kappa shape index (κ2) is 5.67. The van der Waals surface area contributed by atoms with Crippen LogP contribution in [0.15, 0.2) is 18.2 Å². The number of rotatable bonds is 6. The molecule has 0 saturated heterocycles. The van der Waals surface area contributed by atoms with Crippen LogP contribution in [0.2, 0.25) is 0 Å². The summed E-state index contributed by atoms with van der Waals surface area (Å²) in [7, 11) is 1.67. The van der Waals surface area contributed by atoms with Gasteiger partial charge >= 0.3 is 0 Å². The Hall–Kier alpha value is -1.13. The van der Waals surface area contributed by atoms with Crippen LogP contribution in [0.5, 0.6) is 0 Å². The molecule has 2 N–H and O–H groups in total. The number of hydrogen-bond acceptors (Lipinski definition) is 3. The Balaban J connectivity index is 2.19. The van der Waals surface area contributed by atoms with Crippen LogP contribution in [0.25, 0.3) is 0 Å². The van der Waals surface area contributed by atoms with E-state index in [-0.39, 0.29) is 11.9 Å². The molecule has 2 rings (SSSR count). The van der Waals surface area contributed by atoms with Gasteiger partial charge in [0.15, 0.2) is 0 Å². The Morgan fingerprint density at radius 3 is 2.72 bits per heavy atom. The molecule has 0 aromatic heterocycles. The number of anilines is 1. The maximum Gasteiger partial charge on any atom is 0.146 e. The van der Waals surface area contributed by atoms with Crippen molar-refractivity contribution in [2.24, 2.45) is 5.73 Å². The summed E-state index contributed by atoms with van der Waals surface area (Å²) in [5.41, 5.74) is 7.26. The molecule has 1 fully saturated rings. The van der Waals surface area contributed by atoms with Gasteiger partial charge in [0.1, 0.15) is 5.82 Å². The lowest BCUT2D eigenvalue weighted by atomic mass is 10.1. The van der Waals surface area contributed by atoms with E-state index in [1.54, 1.807) is 13.2 Å². The summed E-state index contributed by atoms with van der Waals surface area (Å²) >= 11 is 0. The number of benzene rings is 1. The van der Waals surface area contributed by atoms with E-state index in [9.17, 15) is 4.39 Å². The standard InChI is InChI=1S/C14H21FN2O/c1-10(16)11-3-6-14(13(15)9-11)17(7-8-18-2)12-4-5-12/h3,6,9-10,12H,4-5,7-8,16H2,1-2H3. The number of halogens is 1. The van der Waals surface area contributed by atoms with Crippen LogP contribution < -0.4 is 10.6 Å². The molecular formula is C14H21FN2O. The molecule has 100 valence electrons. The highest BCUT2D eigenvalue weighted by Crippen LogP contribution is 2.33. The second-order valence-electron chi connectivity index (χ2n) is 4.92. The fourth-order valence-corrected chi connectivity index (χ4v) is 2.11. The van der Waals surface area contributed by atoms with E-state index in [0.717, 1.165) is 24.9 Å². The van der Waals surface area contributed by atoms with Gasteiger partial charge in [-0.25, -0.2) is 4.39 Å². The summed E-state index contributed by atoms with van der Waals surface area (Å²) in [6.45, 7) is 3.21. The topological polar surface area (TPSA) is 38.5 Å². The lowest BCUT2D eigenvalue weighted by Crippen LogP contribution is -2.30. The molecule has 1 aromatic carbocycles. The van der Waals surface area contributed by atoms with Gasteiger partial charge in [-0.1, -0.05) is 6.07 Å². The summed E-state index contributed by atoms with van der Waals surface area (Å²) in [4.78, 5) is 2.10. The first-order valence-corrected chi connectivity index (χ1v) is 6.44. The van der Waals surface area contributed by atoms with E-state index >= 15 is 0 Å². The monoisotopic (exact) mass is 252 g/mol. The minimum atomic E-state index is -0.187. The van der Waals surface area contributed by atoms with Crippen LogP contribution in [-0.2, 0) is 4.74 Å². The Labute approximate surface area is 108 Å². The van der Waals surface area contributed by atoms with E-state index in [4.69, 9.17) is 10.5 Å². The minimum Gasteiger partial charge on any atom is -0.383 e. The van der Waals surface area contributed by atoms with E-state index in [1.165, 1.54) is 0 Å². The second-order valence-corrected chi connectivity index (χ2v) is 4.92. The van der Waals surface area contributed by atoms with Crippen molar-refractivity contribution in [1.82, 2.24) is 0 Å². The molecule has 3 nitrogen and oxygen atoms in total. The van der Waals surface area contributed by atoms with Gasteiger partial charge in [-0.15, -0.1) is 0 Å². The lowest BCUT2D eigenvalue weighted by molar-refractivity contribution is 0.204. The lowest BCUT2D eigenvalue weighted by Gasteiger charge is -2.25. The molecule has 1 saturated carbocycles. The largest absolute Gasteiger partial charge is 0.383 e. The Morgan fingerprint density at radius 1 is 1.50 bits per heavy atom. The Bertz CT molecular complexity index is 405. The van der Waals surface area contributed by atoms with E-state index < -0.39 is 0 Å². The zero-order chi connectivity index (χ0) is 13.1. The number of nitrogens with two attached hydrogens (primary N) is 1. The molecule has 1 aliphatic rings. The van der Waals surface area contributed by atoms with Crippen LogP contribution in [-0.4, -0.2) is 26.3 Å². The Morgan fingerprint density at radius 2 is 2.22 bits per heavy atom. The zero-order valence-corrected chi connectivity index (χ0v) is 11.0. The molecule has 18 heavy (non-hydrogen) atoms. The normalized spacial score (nSPS) is 16.7. The van der Waals surface area contributed by atoms with Crippen LogP contribution in [0, 0.1) is 5.82 Å². The highest BCUT2D eigenvalue weighted by Gasteiger charge is 2.30. The smallest absolute Gasteiger partial charge is 0.146 e. The molecule has 1 aliphatic carbocycles. The summed E-state index contributed by atoms with van der Waals surface area (Å²) in [5.74, 6) is -0.187. The van der Waals surface area contributed by atoms with Gasteiger partial charge in [0, 0.05) is 25.7 Å². The molecule has 1 atom stereocenters. The molecular weight excluding hydrogens is 231 g/mol. The van der Waals surface area contributed by atoms with Crippen molar-refractivity contribution in [2.75, 3.05) is 25.2 Å². The fourth-order valence-electron chi connectivity index (χ4n) is 2.11. The van der Waals surface area contributed by atoms with E-state index in [0.29, 0.717) is 18.3 Å². The first-order valence-electron chi connectivity index (χ1n) is 6.44. The van der Waals surface area contributed by atoms with Crippen molar-refractivity contribution in [2.45, 2.75) is 31.8 Å². The Kier molecular flexibility index (Phi) is 4.19. The summed E-state index contributed by atoms with van der Waals surface area (Å²) in [6, 6.07) is 5.62. The average Bonchev–Trinajstić information content (AvgIpc) is 3.15. The molecule has 1 aromatic rings. The molecule has 0 aliphatic heterocycles. The first-order chi connectivity index (χ1) is 8.63. The average molecular weight is 252 g/mol. The number of nitrogens with zero attached hydrogens (tertiary/aromatic N) is 1. The van der Waals surface area contributed by atoms with Crippen LogP contribution in [0.1, 0.15) is 31.4 Å². The van der Waals surface area contributed by atoms with Crippen molar-refractivity contribution in [3.63, 3.8) is 0 Å². The third kappa shape index (κ3) is 3.00. The number of methoxy groups -OCH3 is 1. The van der Waals surface area contributed by atoms with Crippen molar-refractivity contribution >= 4 is 5.69 Å². The predicted octanol–water partition coefficient (Wildman–Crippen LogP) is 2.46. The third-order valence-corrected chi connectivity index (χ3v) is 3.33.